The van der Waals surface area contributed by atoms with Crippen LogP contribution in [0.5, 0.6) is 11.5 Å². The lowest BCUT2D eigenvalue weighted by atomic mass is 10.1. The lowest BCUT2D eigenvalue weighted by Crippen LogP contribution is -2.27. The molecule has 3 rings (SSSR count). The van der Waals surface area contributed by atoms with Gasteiger partial charge in [-0.15, -0.1) is 0 Å². The number of hydrogen-bond acceptors (Lipinski definition) is 3. The van der Waals surface area contributed by atoms with Crippen LogP contribution >= 0.6 is 0 Å². The fourth-order valence-corrected chi connectivity index (χ4v) is 3.07. The van der Waals surface area contributed by atoms with Gasteiger partial charge >= 0.3 is 0 Å². The Labute approximate surface area is 142 Å². The number of methoxy groups -OCH3 is 2. The first-order valence-corrected chi connectivity index (χ1v) is 8.26. The van der Waals surface area contributed by atoms with E-state index in [0.29, 0.717) is 12.5 Å². The van der Waals surface area contributed by atoms with E-state index in [1.165, 1.54) is 5.56 Å². The second kappa shape index (κ2) is 7.39. The largest absolute Gasteiger partial charge is 0.497 e. The summed E-state index contributed by atoms with van der Waals surface area (Å²) in [7, 11) is 3.32. The standard InChI is InChI=1S/C20H23NO3/c1-23-16-9-7-14(8-10-16)17-13-18(17)20(22)21-12-11-15-5-3-4-6-19(15)24-2/h3-10,17-18H,11-13H2,1-2H3,(H,21,22). The van der Waals surface area contributed by atoms with Crippen LogP contribution in [0.25, 0.3) is 0 Å². The monoisotopic (exact) mass is 325 g/mol. The van der Waals surface area contributed by atoms with Crippen LogP contribution in [0, 0.1) is 5.92 Å². The van der Waals surface area contributed by atoms with Gasteiger partial charge < -0.3 is 14.8 Å². The predicted octanol–water partition coefficient (Wildman–Crippen LogP) is 3.17. The molecule has 2 unspecified atom stereocenters. The molecule has 1 saturated carbocycles. The number of carbonyl (C=O) groups excluding carboxylic acids is 1. The average Bonchev–Trinajstić information content (AvgIpc) is 3.43. The first kappa shape index (κ1) is 16.4. The Bertz CT molecular complexity index is 696. The van der Waals surface area contributed by atoms with Gasteiger partial charge in [-0.05, 0) is 48.1 Å². The molecule has 0 aliphatic heterocycles. The van der Waals surface area contributed by atoms with Crippen LogP contribution in [-0.4, -0.2) is 26.7 Å². The van der Waals surface area contributed by atoms with Crippen LogP contribution in [0.1, 0.15) is 23.5 Å². The number of para-hydroxylation sites is 1. The predicted molar refractivity (Wildman–Crippen MR) is 93.5 cm³/mol. The van der Waals surface area contributed by atoms with Crippen molar-refractivity contribution in [2.24, 2.45) is 5.92 Å². The Morgan fingerprint density at radius 1 is 1.08 bits per heavy atom. The minimum atomic E-state index is 0.0936. The molecule has 4 heteroatoms. The molecule has 2 atom stereocenters. The molecule has 0 spiro atoms. The lowest BCUT2D eigenvalue weighted by Gasteiger charge is -2.09. The van der Waals surface area contributed by atoms with Crippen LogP contribution in [0.4, 0.5) is 0 Å². The van der Waals surface area contributed by atoms with Crippen molar-refractivity contribution in [1.82, 2.24) is 5.32 Å². The van der Waals surface area contributed by atoms with Crippen molar-refractivity contribution in [2.45, 2.75) is 18.8 Å². The Kier molecular flexibility index (Phi) is 5.04. The van der Waals surface area contributed by atoms with Gasteiger partial charge in [-0.3, -0.25) is 4.79 Å². The average molecular weight is 325 g/mol. The maximum Gasteiger partial charge on any atom is 0.223 e. The van der Waals surface area contributed by atoms with Crippen molar-refractivity contribution in [3.8, 4) is 11.5 Å². The second-order valence-corrected chi connectivity index (χ2v) is 6.07. The molecule has 0 bridgehead atoms. The summed E-state index contributed by atoms with van der Waals surface area (Å²) in [5.74, 6) is 2.29. The smallest absolute Gasteiger partial charge is 0.223 e. The minimum Gasteiger partial charge on any atom is -0.497 e. The van der Waals surface area contributed by atoms with Gasteiger partial charge in [0.2, 0.25) is 5.91 Å². The summed E-state index contributed by atoms with van der Waals surface area (Å²) in [5.41, 5.74) is 2.32. The highest BCUT2D eigenvalue weighted by atomic mass is 16.5. The molecule has 0 aromatic heterocycles. The fourth-order valence-electron chi connectivity index (χ4n) is 3.07. The molecule has 0 radical (unpaired) electrons. The van der Waals surface area contributed by atoms with Crippen LogP contribution < -0.4 is 14.8 Å². The van der Waals surface area contributed by atoms with Crippen LogP contribution in [0.15, 0.2) is 48.5 Å². The van der Waals surface area contributed by atoms with Crippen LogP contribution in [0.3, 0.4) is 0 Å². The van der Waals surface area contributed by atoms with Crippen molar-refractivity contribution in [3.63, 3.8) is 0 Å². The summed E-state index contributed by atoms with van der Waals surface area (Å²) >= 11 is 0. The number of nitrogens with one attached hydrogen (secondary N) is 1. The normalized spacial score (nSPS) is 18.8. The van der Waals surface area contributed by atoms with Crippen molar-refractivity contribution >= 4 is 5.91 Å². The zero-order valence-corrected chi connectivity index (χ0v) is 14.1. The van der Waals surface area contributed by atoms with E-state index >= 15 is 0 Å². The molecule has 2 aromatic carbocycles. The molecular formula is C20H23NO3. The fraction of sp³-hybridized carbons (Fsp3) is 0.350. The van der Waals surface area contributed by atoms with E-state index < -0.39 is 0 Å². The first-order chi connectivity index (χ1) is 11.7. The van der Waals surface area contributed by atoms with E-state index in [-0.39, 0.29) is 11.8 Å². The summed E-state index contributed by atoms with van der Waals surface area (Å²) in [6, 6.07) is 15.9. The number of hydrogen-bond donors (Lipinski definition) is 1. The van der Waals surface area contributed by atoms with Crippen molar-refractivity contribution < 1.29 is 14.3 Å². The maximum atomic E-state index is 12.3. The van der Waals surface area contributed by atoms with Gasteiger partial charge in [-0.25, -0.2) is 0 Å². The molecule has 24 heavy (non-hydrogen) atoms. The summed E-state index contributed by atoms with van der Waals surface area (Å²) in [6.07, 6.45) is 1.70. The number of amides is 1. The van der Waals surface area contributed by atoms with Gasteiger partial charge in [-0.2, -0.15) is 0 Å². The molecule has 2 aromatic rings. The number of ether oxygens (including phenoxy) is 2. The molecule has 4 nitrogen and oxygen atoms in total. The highest BCUT2D eigenvalue weighted by molar-refractivity contribution is 5.82. The summed E-state index contributed by atoms with van der Waals surface area (Å²) in [5, 5.41) is 3.05. The number of rotatable bonds is 7. The summed E-state index contributed by atoms with van der Waals surface area (Å²) in [6.45, 7) is 0.630. The van der Waals surface area contributed by atoms with E-state index in [2.05, 4.69) is 5.32 Å². The Hall–Kier alpha value is -2.49. The molecule has 1 aliphatic rings. The summed E-state index contributed by atoms with van der Waals surface area (Å²) < 4.78 is 10.5. The van der Waals surface area contributed by atoms with Gasteiger partial charge in [0.05, 0.1) is 14.2 Å². The van der Waals surface area contributed by atoms with E-state index in [0.717, 1.165) is 29.9 Å². The molecule has 1 amide bonds. The topological polar surface area (TPSA) is 47.6 Å². The SMILES string of the molecule is COc1ccc(C2CC2C(=O)NCCc2ccccc2OC)cc1. The Morgan fingerprint density at radius 2 is 1.83 bits per heavy atom. The van der Waals surface area contributed by atoms with E-state index in [1.54, 1.807) is 14.2 Å². The molecule has 126 valence electrons. The third-order valence-corrected chi connectivity index (χ3v) is 4.56. The lowest BCUT2D eigenvalue weighted by molar-refractivity contribution is -0.122. The van der Waals surface area contributed by atoms with E-state index in [1.807, 2.05) is 48.5 Å². The first-order valence-electron chi connectivity index (χ1n) is 8.26. The second-order valence-electron chi connectivity index (χ2n) is 6.07. The van der Waals surface area contributed by atoms with Gasteiger partial charge in [0.1, 0.15) is 11.5 Å². The third kappa shape index (κ3) is 3.70. The quantitative estimate of drug-likeness (QED) is 0.850. The molecule has 1 aliphatic carbocycles. The summed E-state index contributed by atoms with van der Waals surface area (Å²) in [4.78, 5) is 12.3. The molecule has 0 saturated heterocycles. The van der Waals surface area contributed by atoms with Gasteiger partial charge in [0.25, 0.3) is 0 Å². The Morgan fingerprint density at radius 3 is 2.54 bits per heavy atom. The van der Waals surface area contributed by atoms with Gasteiger partial charge in [-0.1, -0.05) is 30.3 Å². The van der Waals surface area contributed by atoms with E-state index in [9.17, 15) is 4.79 Å². The highest BCUT2D eigenvalue weighted by Crippen LogP contribution is 2.47. The van der Waals surface area contributed by atoms with Crippen molar-refractivity contribution in [2.75, 3.05) is 20.8 Å². The zero-order valence-electron chi connectivity index (χ0n) is 14.1. The van der Waals surface area contributed by atoms with Crippen molar-refractivity contribution in [3.05, 3.63) is 59.7 Å². The van der Waals surface area contributed by atoms with Crippen molar-refractivity contribution in [1.29, 1.82) is 0 Å². The maximum absolute atomic E-state index is 12.3. The molecule has 1 N–H and O–H groups in total. The van der Waals surface area contributed by atoms with Crippen LogP contribution in [-0.2, 0) is 11.2 Å². The Balaban J connectivity index is 1.48. The molecular weight excluding hydrogens is 302 g/mol. The highest BCUT2D eigenvalue weighted by Gasteiger charge is 2.43. The van der Waals surface area contributed by atoms with Crippen LogP contribution in [0.2, 0.25) is 0 Å². The number of benzene rings is 2. The zero-order chi connectivity index (χ0) is 16.9. The van der Waals surface area contributed by atoms with Gasteiger partial charge in [0, 0.05) is 12.5 Å². The molecule has 0 heterocycles. The van der Waals surface area contributed by atoms with Gasteiger partial charge in [0.15, 0.2) is 0 Å². The number of carbonyl (C=O) groups is 1. The minimum absolute atomic E-state index is 0.0936. The van der Waals surface area contributed by atoms with E-state index in [4.69, 9.17) is 9.47 Å². The third-order valence-electron chi connectivity index (χ3n) is 4.56. The molecule has 1 fully saturated rings.